The number of hydrazine groups is 1. The molecular formula is C18H21N5O3. The van der Waals surface area contributed by atoms with Crippen LogP contribution in [0.4, 0.5) is 11.4 Å². The molecule has 0 atom stereocenters. The van der Waals surface area contributed by atoms with Crippen molar-refractivity contribution in [3.8, 4) is 0 Å². The molecule has 0 saturated carbocycles. The maximum atomic E-state index is 12.7. The number of benzene rings is 2. The third-order valence-electron chi connectivity index (χ3n) is 4.50. The van der Waals surface area contributed by atoms with Gasteiger partial charge < -0.3 is 10.3 Å². The SMILES string of the molecule is NNc1cc(C(=O)N2CCN(Cc3ccccc3)CC2)ccc1[N+](=O)[O-]. The molecule has 1 fully saturated rings. The standard InChI is InChI=1S/C18H21N5O3/c19-20-16-12-15(6-7-17(16)23(25)26)18(24)22-10-8-21(9-11-22)13-14-4-2-1-3-5-14/h1-7,12,20H,8-11,13,19H2. The van der Waals surface area contributed by atoms with E-state index in [2.05, 4.69) is 22.5 Å². The van der Waals surface area contributed by atoms with Gasteiger partial charge in [-0.2, -0.15) is 0 Å². The molecule has 0 radical (unpaired) electrons. The molecule has 8 heteroatoms. The molecule has 0 aromatic heterocycles. The molecule has 0 bridgehead atoms. The van der Waals surface area contributed by atoms with E-state index in [9.17, 15) is 14.9 Å². The van der Waals surface area contributed by atoms with Gasteiger partial charge in [0.25, 0.3) is 11.6 Å². The lowest BCUT2D eigenvalue weighted by Crippen LogP contribution is -2.48. The van der Waals surface area contributed by atoms with E-state index in [1.54, 1.807) is 4.90 Å². The molecule has 2 aromatic carbocycles. The first kappa shape index (κ1) is 17.8. The van der Waals surface area contributed by atoms with Gasteiger partial charge in [-0.3, -0.25) is 25.7 Å². The minimum atomic E-state index is -0.536. The Hall–Kier alpha value is -2.97. The van der Waals surface area contributed by atoms with Crippen LogP contribution < -0.4 is 11.3 Å². The first-order valence-corrected chi connectivity index (χ1v) is 8.39. The quantitative estimate of drug-likeness (QED) is 0.482. The molecule has 1 heterocycles. The number of nitrogen functional groups attached to an aromatic ring is 1. The molecule has 1 aliphatic rings. The van der Waals surface area contributed by atoms with E-state index in [0.717, 1.165) is 19.6 Å². The van der Waals surface area contributed by atoms with Gasteiger partial charge in [-0.15, -0.1) is 0 Å². The van der Waals surface area contributed by atoms with Gasteiger partial charge in [0, 0.05) is 44.4 Å². The highest BCUT2D eigenvalue weighted by Crippen LogP contribution is 2.25. The van der Waals surface area contributed by atoms with Crippen LogP contribution in [-0.4, -0.2) is 46.8 Å². The topological polar surface area (TPSA) is 105 Å². The molecule has 26 heavy (non-hydrogen) atoms. The van der Waals surface area contributed by atoms with Gasteiger partial charge in [0.15, 0.2) is 0 Å². The second-order valence-electron chi connectivity index (χ2n) is 6.19. The van der Waals surface area contributed by atoms with E-state index in [0.29, 0.717) is 18.7 Å². The van der Waals surface area contributed by atoms with Crippen molar-refractivity contribution in [1.82, 2.24) is 9.80 Å². The van der Waals surface area contributed by atoms with Crippen LogP contribution in [-0.2, 0) is 6.54 Å². The Morgan fingerprint density at radius 2 is 1.81 bits per heavy atom. The second-order valence-corrected chi connectivity index (χ2v) is 6.19. The largest absolute Gasteiger partial charge is 0.336 e. The van der Waals surface area contributed by atoms with Gasteiger partial charge in [-0.25, -0.2) is 0 Å². The minimum Gasteiger partial charge on any atom is -0.336 e. The fourth-order valence-electron chi connectivity index (χ4n) is 3.08. The van der Waals surface area contributed by atoms with Crippen molar-refractivity contribution in [3.05, 3.63) is 69.8 Å². The van der Waals surface area contributed by atoms with Crippen LogP contribution in [0.25, 0.3) is 0 Å². The summed E-state index contributed by atoms with van der Waals surface area (Å²) in [7, 11) is 0. The predicted octanol–water partition coefficient (Wildman–Crippen LogP) is 1.84. The van der Waals surface area contributed by atoms with Crippen LogP contribution in [0.2, 0.25) is 0 Å². The van der Waals surface area contributed by atoms with Gasteiger partial charge in [0.05, 0.1) is 4.92 Å². The van der Waals surface area contributed by atoms with Gasteiger partial charge >= 0.3 is 0 Å². The highest BCUT2D eigenvalue weighted by atomic mass is 16.6. The second kappa shape index (κ2) is 7.94. The van der Waals surface area contributed by atoms with Crippen molar-refractivity contribution in [3.63, 3.8) is 0 Å². The molecule has 1 aliphatic heterocycles. The summed E-state index contributed by atoms with van der Waals surface area (Å²) in [5.41, 5.74) is 3.90. The molecule has 0 spiro atoms. The Kier molecular flexibility index (Phi) is 5.45. The van der Waals surface area contributed by atoms with Crippen molar-refractivity contribution < 1.29 is 9.72 Å². The fraction of sp³-hybridized carbons (Fsp3) is 0.278. The number of rotatable bonds is 5. The maximum absolute atomic E-state index is 12.7. The monoisotopic (exact) mass is 355 g/mol. The number of nitro groups is 1. The van der Waals surface area contributed by atoms with Crippen LogP contribution >= 0.6 is 0 Å². The molecule has 1 amide bonds. The molecular weight excluding hydrogens is 334 g/mol. The summed E-state index contributed by atoms with van der Waals surface area (Å²) < 4.78 is 0. The zero-order chi connectivity index (χ0) is 18.5. The highest BCUT2D eigenvalue weighted by molar-refractivity contribution is 5.96. The van der Waals surface area contributed by atoms with Gasteiger partial charge in [-0.1, -0.05) is 30.3 Å². The van der Waals surface area contributed by atoms with E-state index >= 15 is 0 Å². The summed E-state index contributed by atoms with van der Waals surface area (Å²) in [6.45, 7) is 3.68. The third kappa shape index (κ3) is 3.98. The molecule has 2 aromatic rings. The molecule has 1 saturated heterocycles. The summed E-state index contributed by atoms with van der Waals surface area (Å²) in [6, 6.07) is 14.4. The number of nitrogens with two attached hydrogens (primary N) is 1. The molecule has 8 nitrogen and oxygen atoms in total. The van der Waals surface area contributed by atoms with E-state index in [-0.39, 0.29) is 17.3 Å². The normalized spacial score (nSPS) is 14.9. The summed E-state index contributed by atoms with van der Waals surface area (Å²) in [5.74, 6) is 5.20. The average Bonchev–Trinajstić information content (AvgIpc) is 2.68. The lowest BCUT2D eigenvalue weighted by molar-refractivity contribution is -0.384. The Morgan fingerprint density at radius 1 is 1.12 bits per heavy atom. The average molecular weight is 355 g/mol. The number of carbonyl (C=O) groups excluding carboxylic acids is 1. The number of carbonyl (C=O) groups is 1. The third-order valence-corrected chi connectivity index (χ3v) is 4.50. The predicted molar refractivity (Wildman–Crippen MR) is 98.5 cm³/mol. The van der Waals surface area contributed by atoms with Crippen molar-refractivity contribution >= 4 is 17.3 Å². The first-order chi connectivity index (χ1) is 12.6. The lowest BCUT2D eigenvalue weighted by Gasteiger charge is -2.34. The molecule has 0 unspecified atom stereocenters. The molecule has 3 N–H and O–H groups in total. The van der Waals surface area contributed by atoms with Crippen LogP contribution in [0.3, 0.4) is 0 Å². The Bertz CT molecular complexity index is 789. The molecule has 0 aliphatic carbocycles. The van der Waals surface area contributed by atoms with Crippen LogP contribution in [0.15, 0.2) is 48.5 Å². The Balaban J connectivity index is 1.62. The van der Waals surface area contributed by atoms with Gasteiger partial charge in [-0.05, 0) is 17.7 Å². The minimum absolute atomic E-state index is 0.128. The van der Waals surface area contributed by atoms with Crippen molar-refractivity contribution in [2.75, 3.05) is 31.6 Å². The molecule has 136 valence electrons. The summed E-state index contributed by atoms with van der Waals surface area (Å²) >= 11 is 0. The summed E-state index contributed by atoms with van der Waals surface area (Å²) in [4.78, 5) is 27.2. The first-order valence-electron chi connectivity index (χ1n) is 8.39. The zero-order valence-electron chi connectivity index (χ0n) is 14.3. The van der Waals surface area contributed by atoms with Crippen LogP contribution in [0, 0.1) is 10.1 Å². The number of amides is 1. The molecule has 3 rings (SSSR count). The summed E-state index contributed by atoms with van der Waals surface area (Å²) in [6.07, 6.45) is 0. The van der Waals surface area contributed by atoms with Crippen LogP contribution in [0.1, 0.15) is 15.9 Å². The van der Waals surface area contributed by atoms with E-state index in [4.69, 9.17) is 5.84 Å². The smallest absolute Gasteiger partial charge is 0.293 e. The number of nitro benzene ring substituents is 1. The highest BCUT2D eigenvalue weighted by Gasteiger charge is 2.24. The number of anilines is 1. The number of nitrogens with zero attached hydrogens (tertiary/aromatic N) is 3. The Labute approximate surface area is 151 Å². The lowest BCUT2D eigenvalue weighted by atomic mass is 10.1. The van der Waals surface area contributed by atoms with Gasteiger partial charge in [0.2, 0.25) is 0 Å². The fourth-order valence-corrected chi connectivity index (χ4v) is 3.08. The van der Waals surface area contributed by atoms with Gasteiger partial charge in [0.1, 0.15) is 5.69 Å². The number of piperazine rings is 1. The Morgan fingerprint density at radius 3 is 2.42 bits per heavy atom. The van der Waals surface area contributed by atoms with E-state index in [1.165, 1.54) is 23.8 Å². The number of hydrogen-bond donors (Lipinski definition) is 2. The van der Waals surface area contributed by atoms with Crippen LogP contribution in [0.5, 0.6) is 0 Å². The number of nitrogens with one attached hydrogen (secondary N) is 1. The zero-order valence-corrected chi connectivity index (χ0v) is 14.3. The van der Waals surface area contributed by atoms with Crippen molar-refractivity contribution in [1.29, 1.82) is 0 Å². The van der Waals surface area contributed by atoms with Crippen molar-refractivity contribution in [2.24, 2.45) is 5.84 Å². The number of hydrogen-bond acceptors (Lipinski definition) is 6. The maximum Gasteiger partial charge on any atom is 0.293 e. The van der Waals surface area contributed by atoms with E-state index < -0.39 is 4.92 Å². The van der Waals surface area contributed by atoms with Crippen molar-refractivity contribution in [2.45, 2.75) is 6.54 Å². The summed E-state index contributed by atoms with van der Waals surface area (Å²) in [5, 5.41) is 11.0. The van der Waals surface area contributed by atoms with E-state index in [1.807, 2.05) is 18.2 Å².